The molecule has 1 unspecified atom stereocenters. The van der Waals surface area contributed by atoms with Gasteiger partial charge in [0.25, 0.3) is 0 Å². The number of benzene rings is 1. The van der Waals surface area contributed by atoms with E-state index in [4.69, 9.17) is 10.5 Å². The predicted molar refractivity (Wildman–Crippen MR) is 67.5 cm³/mol. The molecule has 90 valence electrons. The number of aromatic nitrogens is 2. The van der Waals surface area contributed by atoms with Gasteiger partial charge in [0, 0.05) is 18.4 Å². The minimum atomic E-state index is 0.108. The predicted octanol–water partition coefficient (Wildman–Crippen LogP) is 1.77. The van der Waals surface area contributed by atoms with Crippen molar-refractivity contribution in [2.24, 2.45) is 5.73 Å². The first-order valence-electron chi connectivity index (χ1n) is 5.63. The Balaban J connectivity index is 2.43. The molecule has 0 bridgehead atoms. The minimum absolute atomic E-state index is 0.108. The Hall–Kier alpha value is -1.81. The highest BCUT2D eigenvalue weighted by molar-refractivity contribution is 5.45. The fraction of sp³-hybridized carbons (Fsp3) is 0.308. The highest BCUT2D eigenvalue weighted by Gasteiger charge is 2.08. The van der Waals surface area contributed by atoms with Crippen molar-refractivity contribution in [2.45, 2.75) is 19.4 Å². The van der Waals surface area contributed by atoms with Crippen LogP contribution >= 0.6 is 0 Å². The lowest BCUT2D eigenvalue weighted by Gasteiger charge is -2.13. The number of methoxy groups -OCH3 is 1. The van der Waals surface area contributed by atoms with Gasteiger partial charge in [-0.25, -0.2) is 4.68 Å². The number of ether oxygens (including phenoxy) is 1. The van der Waals surface area contributed by atoms with E-state index in [0.29, 0.717) is 0 Å². The van der Waals surface area contributed by atoms with Crippen LogP contribution in [0.2, 0.25) is 0 Å². The topological polar surface area (TPSA) is 53.1 Å². The van der Waals surface area contributed by atoms with E-state index in [9.17, 15) is 0 Å². The summed E-state index contributed by atoms with van der Waals surface area (Å²) in [5.41, 5.74) is 8.06. The van der Waals surface area contributed by atoms with Crippen LogP contribution in [0.1, 0.15) is 12.5 Å². The van der Waals surface area contributed by atoms with Crippen LogP contribution in [0.15, 0.2) is 36.7 Å². The Kier molecular flexibility index (Phi) is 3.44. The Labute approximate surface area is 101 Å². The smallest absolute Gasteiger partial charge is 0.119 e. The number of hydrogen-bond donors (Lipinski definition) is 1. The maximum Gasteiger partial charge on any atom is 0.119 e. The van der Waals surface area contributed by atoms with Crippen molar-refractivity contribution in [3.05, 3.63) is 42.2 Å². The monoisotopic (exact) mass is 231 g/mol. The van der Waals surface area contributed by atoms with E-state index in [0.717, 1.165) is 23.4 Å². The zero-order valence-corrected chi connectivity index (χ0v) is 10.1. The molecule has 1 atom stereocenters. The van der Waals surface area contributed by atoms with Gasteiger partial charge < -0.3 is 10.5 Å². The second-order valence-corrected chi connectivity index (χ2v) is 4.13. The lowest BCUT2D eigenvalue weighted by atomic mass is 10.1. The maximum atomic E-state index is 5.87. The summed E-state index contributed by atoms with van der Waals surface area (Å²) in [5.74, 6) is 0.844. The van der Waals surface area contributed by atoms with E-state index in [1.54, 1.807) is 13.3 Å². The molecule has 1 aromatic heterocycles. The normalized spacial score (nSPS) is 12.4. The van der Waals surface area contributed by atoms with E-state index in [-0.39, 0.29) is 6.04 Å². The number of hydrogen-bond acceptors (Lipinski definition) is 3. The molecular weight excluding hydrogens is 214 g/mol. The van der Waals surface area contributed by atoms with Crippen molar-refractivity contribution in [1.82, 2.24) is 9.78 Å². The van der Waals surface area contributed by atoms with Gasteiger partial charge in [-0.1, -0.05) is 0 Å². The minimum Gasteiger partial charge on any atom is -0.497 e. The lowest BCUT2D eigenvalue weighted by molar-refractivity contribution is 0.414. The third-order valence-electron chi connectivity index (χ3n) is 2.58. The van der Waals surface area contributed by atoms with Crippen molar-refractivity contribution in [3.63, 3.8) is 0 Å². The van der Waals surface area contributed by atoms with Crippen molar-refractivity contribution < 1.29 is 4.74 Å². The molecule has 1 aromatic carbocycles. The number of nitrogens with zero attached hydrogens (tertiary/aromatic N) is 2. The first-order valence-corrected chi connectivity index (χ1v) is 5.63. The summed E-state index contributed by atoms with van der Waals surface area (Å²) in [7, 11) is 1.67. The number of nitrogens with two attached hydrogens (primary N) is 1. The second-order valence-electron chi connectivity index (χ2n) is 4.13. The molecular formula is C13H17N3O. The summed E-state index contributed by atoms with van der Waals surface area (Å²) in [6.07, 6.45) is 4.48. The summed E-state index contributed by atoms with van der Waals surface area (Å²) < 4.78 is 7.08. The highest BCUT2D eigenvalue weighted by Crippen LogP contribution is 2.21. The van der Waals surface area contributed by atoms with E-state index in [1.165, 1.54) is 0 Å². The van der Waals surface area contributed by atoms with Gasteiger partial charge in [0.1, 0.15) is 5.75 Å². The van der Waals surface area contributed by atoms with Gasteiger partial charge in [-0.3, -0.25) is 0 Å². The molecule has 0 aliphatic heterocycles. The third kappa shape index (κ3) is 2.65. The van der Waals surface area contributed by atoms with E-state index in [2.05, 4.69) is 5.10 Å². The standard InChI is InChI=1S/C13H17N3O/c1-10(14)8-11-9-12(17-2)4-5-13(11)16-7-3-6-15-16/h3-7,9-10H,8,14H2,1-2H3. The third-order valence-corrected chi connectivity index (χ3v) is 2.58. The number of rotatable bonds is 4. The van der Waals surface area contributed by atoms with Crippen molar-refractivity contribution in [1.29, 1.82) is 0 Å². The van der Waals surface area contributed by atoms with Gasteiger partial charge in [-0.05, 0) is 43.2 Å². The first-order chi connectivity index (χ1) is 8.20. The fourth-order valence-corrected chi connectivity index (χ4v) is 1.83. The summed E-state index contributed by atoms with van der Waals surface area (Å²) in [6.45, 7) is 1.99. The van der Waals surface area contributed by atoms with Gasteiger partial charge in [-0.2, -0.15) is 5.10 Å². The van der Waals surface area contributed by atoms with Crippen molar-refractivity contribution in [2.75, 3.05) is 7.11 Å². The van der Waals surface area contributed by atoms with Crippen LogP contribution in [0, 0.1) is 0 Å². The average molecular weight is 231 g/mol. The SMILES string of the molecule is COc1ccc(-n2cccn2)c(CC(C)N)c1. The molecule has 0 fully saturated rings. The molecule has 0 spiro atoms. The largest absolute Gasteiger partial charge is 0.497 e. The zero-order valence-electron chi connectivity index (χ0n) is 10.1. The first kappa shape index (κ1) is 11.7. The van der Waals surface area contributed by atoms with Crippen LogP contribution in [0.3, 0.4) is 0 Å². The lowest BCUT2D eigenvalue weighted by Crippen LogP contribution is -2.19. The van der Waals surface area contributed by atoms with Crippen LogP contribution in [-0.2, 0) is 6.42 Å². The van der Waals surface area contributed by atoms with Gasteiger partial charge >= 0.3 is 0 Å². The zero-order chi connectivity index (χ0) is 12.3. The molecule has 17 heavy (non-hydrogen) atoms. The highest BCUT2D eigenvalue weighted by atomic mass is 16.5. The Bertz CT molecular complexity index is 477. The Morgan fingerprint density at radius 1 is 1.47 bits per heavy atom. The van der Waals surface area contributed by atoms with Gasteiger partial charge in [0.05, 0.1) is 12.8 Å². The molecule has 4 nitrogen and oxygen atoms in total. The summed E-state index contributed by atoms with van der Waals surface area (Å²) >= 11 is 0. The van der Waals surface area contributed by atoms with E-state index < -0.39 is 0 Å². The van der Waals surface area contributed by atoms with Crippen LogP contribution in [-0.4, -0.2) is 22.9 Å². The quantitative estimate of drug-likeness (QED) is 0.872. The maximum absolute atomic E-state index is 5.87. The molecule has 0 amide bonds. The second kappa shape index (κ2) is 5.01. The molecule has 0 saturated heterocycles. The van der Waals surface area contributed by atoms with Crippen molar-refractivity contribution in [3.8, 4) is 11.4 Å². The fourth-order valence-electron chi connectivity index (χ4n) is 1.83. The Morgan fingerprint density at radius 3 is 2.88 bits per heavy atom. The summed E-state index contributed by atoms with van der Waals surface area (Å²) in [5, 5.41) is 4.24. The summed E-state index contributed by atoms with van der Waals surface area (Å²) in [6, 6.07) is 7.96. The molecule has 0 radical (unpaired) electrons. The Morgan fingerprint density at radius 2 is 2.29 bits per heavy atom. The van der Waals surface area contributed by atoms with Crippen LogP contribution in [0.5, 0.6) is 5.75 Å². The van der Waals surface area contributed by atoms with Crippen LogP contribution in [0.25, 0.3) is 5.69 Å². The molecule has 4 heteroatoms. The molecule has 0 aliphatic carbocycles. The molecule has 1 heterocycles. The van der Waals surface area contributed by atoms with E-state index in [1.807, 2.05) is 42.1 Å². The molecule has 2 N–H and O–H groups in total. The molecule has 0 aliphatic rings. The molecule has 0 saturated carbocycles. The average Bonchev–Trinajstić information content (AvgIpc) is 2.81. The van der Waals surface area contributed by atoms with Gasteiger partial charge in [0.15, 0.2) is 0 Å². The van der Waals surface area contributed by atoms with Crippen LogP contribution < -0.4 is 10.5 Å². The van der Waals surface area contributed by atoms with Gasteiger partial charge in [0.2, 0.25) is 0 Å². The van der Waals surface area contributed by atoms with Gasteiger partial charge in [-0.15, -0.1) is 0 Å². The molecule has 2 aromatic rings. The van der Waals surface area contributed by atoms with Crippen LogP contribution in [0.4, 0.5) is 0 Å². The van der Waals surface area contributed by atoms with E-state index >= 15 is 0 Å². The van der Waals surface area contributed by atoms with Crippen molar-refractivity contribution >= 4 is 0 Å². The summed E-state index contributed by atoms with van der Waals surface area (Å²) in [4.78, 5) is 0. The molecule has 2 rings (SSSR count).